The highest BCUT2D eigenvalue weighted by Gasteiger charge is 2.33. The Balaban J connectivity index is 2.25. The van der Waals surface area contributed by atoms with Crippen molar-refractivity contribution in [3.8, 4) is 0 Å². The lowest BCUT2D eigenvalue weighted by atomic mass is 9.73. The Morgan fingerprint density at radius 2 is 2.26 bits per heavy atom. The summed E-state index contributed by atoms with van der Waals surface area (Å²) in [5.74, 6) is 0.369. The van der Waals surface area contributed by atoms with E-state index in [2.05, 4.69) is 40.1 Å². The summed E-state index contributed by atoms with van der Waals surface area (Å²) in [5, 5.41) is 14.4. The second-order valence-electron chi connectivity index (χ2n) is 5.71. The van der Waals surface area contributed by atoms with Gasteiger partial charge in [0, 0.05) is 22.8 Å². The van der Waals surface area contributed by atoms with Crippen molar-refractivity contribution in [3.05, 3.63) is 26.9 Å². The Kier molecular flexibility index (Phi) is 4.08. The first-order valence-electron chi connectivity index (χ1n) is 6.46. The van der Waals surface area contributed by atoms with Crippen LogP contribution in [0.25, 0.3) is 0 Å². The summed E-state index contributed by atoms with van der Waals surface area (Å²) in [6.45, 7) is 4.41. The third-order valence-electron chi connectivity index (χ3n) is 3.85. The van der Waals surface area contributed by atoms with Crippen molar-refractivity contribution in [2.45, 2.75) is 45.6 Å². The summed E-state index contributed by atoms with van der Waals surface area (Å²) in [5.41, 5.74) is 0.164. The van der Waals surface area contributed by atoms with Crippen molar-refractivity contribution >= 4 is 27.4 Å². The highest BCUT2D eigenvalue weighted by atomic mass is 79.9. The molecule has 1 heterocycles. The van der Waals surface area contributed by atoms with Gasteiger partial charge in [-0.3, -0.25) is 10.1 Å². The van der Waals surface area contributed by atoms with Crippen LogP contribution in [-0.4, -0.2) is 15.9 Å². The van der Waals surface area contributed by atoms with E-state index in [-0.39, 0.29) is 17.1 Å². The summed E-state index contributed by atoms with van der Waals surface area (Å²) in [4.78, 5) is 14.8. The van der Waals surface area contributed by atoms with E-state index < -0.39 is 4.92 Å². The molecule has 1 N–H and O–H groups in total. The minimum absolute atomic E-state index is 0.0238. The van der Waals surface area contributed by atoms with E-state index in [4.69, 9.17) is 0 Å². The van der Waals surface area contributed by atoms with Crippen LogP contribution in [0.15, 0.2) is 16.7 Å². The molecule has 0 bridgehead atoms. The van der Waals surface area contributed by atoms with Crippen LogP contribution in [0, 0.1) is 15.5 Å². The van der Waals surface area contributed by atoms with E-state index >= 15 is 0 Å². The van der Waals surface area contributed by atoms with Gasteiger partial charge in [-0.2, -0.15) is 0 Å². The molecule has 0 aliphatic heterocycles. The lowest BCUT2D eigenvalue weighted by Crippen LogP contribution is -2.39. The van der Waals surface area contributed by atoms with Gasteiger partial charge in [0.05, 0.1) is 4.92 Å². The van der Waals surface area contributed by atoms with Gasteiger partial charge in [0.15, 0.2) is 0 Å². The van der Waals surface area contributed by atoms with Crippen molar-refractivity contribution in [3.63, 3.8) is 0 Å². The number of hydrogen-bond donors (Lipinski definition) is 1. The van der Waals surface area contributed by atoms with Gasteiger partial charge in [-0.15, -0.1) is 0 Å². The first-order chi connectivity index (χ1) is 8.90. The smallest absolute Gasteiger partial charge is 0.312 e. The number of nitrogens with zero attached hydrogens (tertiary/aromatic N) is 2. The third kappa shape index (κ3) is 3.23. The van der Waals surface area contributed by atoms with Gasteiger partial charge in [0.1, 0.15) is 0 Å². The van der Waals surface area contributed by atoms with Crippen LogP contribution in [0.5, 0.6) is 0 Å². The largest absolute Gasteiger partial charge is 0.361 e. The van der Waals surface area contributed by atoms with Gasteiger partial charge in [-0.25, -0.2) is 4.98 Å². The maximum atomic E-state index is 11.1. The van der Waals surface area contributed by atoms with Gasteiger partial charge in [-0.05, 0) is 34.2 Å². The number of hydrogen-bond acceptors (Lipinski definition) is 4. The number of nitro groups is 1. The van der Waals surface area contributed by atoms with Crippen LogP contribution in [0.2, 0.25) is 0 Å². The van der Waals surface area contributed by atoms with E-state index in [1.165, 1.54) is 12.5 Å². The SMILES string of the molecule is CC1(C)CCCCC1Nc1ncc(Br)cc1[N+](=O)[O-]. The van der Waals surface area contributed by atoms with Gasteiger partial charge >= 0.3 is 5.69 Å². The molecule has 5 nitrogen and oxygen atoms in total. The van der Waals surface area contributed by atoms with Gasteiger partial charge in [-0.1, -0.05) is 26.7 Å². The molecule has 2 rings (SSSR count). The first kappa shape index (κ1) is 14.2. The third-order valence-corrected chi connectivity index (χ3v) is 4.28. The summed E-state index contributed by atoms with van der Waals surface area (Å²) >= 11 is 3.22. The second-order valence-corrected chi connectivity index (χ2v) is 6.63. The number of aromatic nitrogens is 1. The maximum absolute atomic E-state index is 11.1. The molecule has 104 valence electrons. The fourth-order valence-electron chi connectivity index (χ4n) is 2.61. The van der Waals surface area contributed by atoms with Crippen LogP contribution < -0.4 is 5.32 Å². The monoisotopic (exact) mass is 327 g/mol. The van der Waals surface area contributed by atoms with Crippen LogP contribution in [0.3, 0.4) is 0 Å². The highest BCUT2D eigenvalue weighted by molar-refractivity contribution is 9.10. The van der Waals surface area contributed by atoms with Crippen LogP contribution >= 0.6 is 15.9 Å². The zero-order valence-electron chi connectivity index (χ0n) is 11.1. The van der Waals surface area contributed by atoms with Crippen molar-refractivity contribution < 1.29 is 4.92 Å². The molecule has 1 aromatic heterocycles. The average Bonchev–Trinajstić information content (AvgIpc) is 2.33. The molecule has 1 fully saturated rings. The number of halogens is 1. The summed E-state index contributed by atoms with van der Waals surface area (Å²) in [6, 6.07) is 1.72. The maximum Gasteiger partial charge on any atom is 0.312 e. The highest BCUT2D eigenvalue weighted by Crippen LogP contribution is 2.38. The minimum atomic E-state index is -0.393. The van der Waals surface area contributed by atoms with Gasteiger partial charge in [0.2, 0.25) is 5.82 Å². The van der Waals surface area contributed by atoms with Gasteiger partial charge in [0.25, 0.3) is 0 Å². The summed E-state index contributed by atoms with van der Waals surface area (Å²) < 4.78 is 0.618. The lowest BCUT2D eigenvalue weighted by Gasteiger charge is -2.39. The standard InChI is InChI=1S/C13H18BrN3O2/c1-13(2)6-4-3-5-11(13)16-12-10(17(18)19)7-9(14)8-15-12/h7-8,11H,3-6H2,1-2H3,(H,15,16). The molecule has 1 atom stereocenters. The zero-order valence-corrected chi connectivity index (χ0v) is 12.7. The molecule has 1 aliphatic rings. The van der Waals surface area contributed by atoms with E-state index in [1.54, 1.807) is 6.20 Å². The van der Waals surface area contributed by atoms with Crippen LogP contribution in [0.4, 0.5) is 11.5 Å². The molecule has 1 unspecified atom stereocenters. The number of rotatable bonds is 3. The number of anilines is 1. The number of pyridine rings is 1. The van der Waals surface area contributed by atoms with Crippen molar-refractivity contribution in [1.82, 2.24) is 4.98 Å². The Morgan fingerprint density at radius 1 is 1.53 bits per heavy atom. The van der Waals surface area contributed by atoms with E-state index in [9.17, 15) is 10.1 Å². The van der Waals surface area contributed by atoms with Crippen molar-refractivity contribution in [2.75, 3.05) is 5.32 Å². The predicted octanol–water partition coefficient (Wildman–Crippen LogP) is 4.13. The van der Waals surface area contributed by atoms with E-state index in [1.807, 2.05) is 0 Å². The molecular formula is C13H18BrN3O2. The average molecular weight is 328 g/mol. The molecule has 0 saturated heterocycles. The summed E-state index contributed by atoms with van der Waals surface area (Å²) in [7, 11) is 0. The number of nitrogens with one attached hydrogen (secondary N) is 1. The van der Waals surface area contributed by atoms with Crippen molar-refractivity contribution in [2.24, 2.45) is 5.41 Å². The summed E-state index contributed by atoms with van der Waals surface area (Å²) in [6.07, 6.45) is 6.13. The molecule has 0 aromatic carbocycles. The first-order valence-corrected chi connectivity index (χ1v) is 7.26. The minimum Gasteiger partial charge on any atom is -0.361 e. The van der Waals surface area contributed by atoms with Crippen molar-refractivity contribution in [1.29, 1.82) is 0 Å². The van der Waals surface area contributed by atoms with Crippen LogP contribution in [0.1, 0.15) is 39.5 Å². The predicted molar refractivity (Wildman–Crippen MR) is 78.3 cm³/mol. The quantitative estimate of drug-likeness (QED) is 0.669. The molecular weight excluding hydrogens is 310 g/mol. The van der Waals surface area contributed by atoms with Crippen LogP contribution in [-0.2, 0) is 0 Å². The molecule has 1 aliphatic carbocycles. The molecule has 19 heavy (non-hydrogen) atoms. The zero-order chi connectivity index (χ0) is 14.0. The Morgan fingerprint density at radius 3 is 2.89 bits per heavy atom. The molecule has 6 heteroatoms. The molecule has 0 amide bonds. The Hall–Kier alpha value is -1.17. The fourth-order valence-corrected chi connectivity index (χ4v) is 2.92. The van der Waals surface area contributed by atoms with E-state index in [0.717, 1.165) is 19.3 Å². The molecule has 1 saturated carbocycles. The molecule has 0 spiro atoms. The lowest BCUT2D eigenvalue weighted by molar-refractivity contribution is -0.384. The molecule has 0 radical (unpaired) electrons. The van der Waals surface area contributed by atoms with Gasteiger partial charge < -0.3 is 5.32 Å². The fraction of sp³-hybridized carbons (Fsp3) is 0.615. The topological polar surface area (TPSA) is 68.1 Å². The Bertz CT molecular complexity index is 491. The second kappa shape index (κ2) is 5.45. The molecule has 1 aromatic rings. The Labute approximate surface area is 121 Å². The normalized spacial score (nSPS) is 21.9. The van der Waals surface area contributed by atoms with E-state index in [0.29, 0.717) is 10.3 Å².